The van der Waals surface area contributed by atoms with Gasteiger partial charge in [-0.3, -0.25) is 4.98 Å². The van der Waals surface area contributed by atoms with Crippen LogP contribution in [0.4, 0.5) is 0 Å². The molecule has 0 spiro atoms. The zero-order valence-corrected chi connectivity index (χ0v) is 15.2. The summed E-state index contributed by atoms with van der Waals surface area (Å²) >= 11 is 0. The van der Waals surface area contributed by atoms with Gasteiger partial charge in [-0.05, 0) is 55.4 Å². The van der Waals surface area contributed by atoms with Crippen molar-refractivity contribution >= 4 is 8.32 Å². The molecule has 0 bridgehead atoms. The number of aliphatic hydroxyl groups excluding tert-OH is 1. The highest BCUT2D eigenvalue weighted by Crippen LogP contribution is 2.43. The van der Waals surface area contributed by atoms with Crippen LogP contribution in [0.2, 0.25) is 18.1 Å². The van der Waals surface area contributed by atoms with Crippen LogP contribution in [0.5, 0.6) is 0 Å². The molecule has 0 saturated carbocycles. The van der Waals surface area contributed by atoms with E-state index in [0.29, 0.717) is 0 Å². The van der Waals surface area contributed by atoms with E-state index in [2.05, 4.69) is 46.0 Å². The van der Waals surface area contributed by atoms with Crippen molar-refractivity contribution in [2.24, 2.45) is 5.92 Å². The van der Waals surface area contributed by atoms with Gasteiger partial charge >= 0.3 is 0 Å². The van der Waals surface area contributed by atoms with E-state index in [4.69, 9.17) is 9.41 Å². The van der Waals surface area contributed by atoms with Crippen molar-refractivity contribution in [3.8, 4) is 0 Å². The molecule has 1 N–H and O–H groups in total. The lowest BCUT2D eigenvalue weighted by molar-refractivity contribution is 0.107. The predicted octanol–water partition coefficient (Wildman–Crippen LogP) is 4.01. The first-order valence-electron chi connectivity index (χ1n) is 7.89. The summed E-state index contributed by atoms with van der Waals surface area (Å²) < 4.78 is 6.62. The van der Waals surface area contributed by atoms with Crippen LogP contribution in [0.3, 0.4) is 0 Å². The number of aromatic nitrogens is 1. The SMILES string of the molecule is Cc1ccc2c(n1)[C@H](O[Si](C)(C)C(C)(C)C)C[C@@H](CO)C2. The molecule has 0 aromatic carbocycles. The highest BCUT2D eigenvalue weighted by Gasteiger charge is 2.41. The van der Waals surface area contributed by atoms with Gasteiger partial charge in [-0.1, -0.05) is 26.8 Å². The predicted molar refractivity (Wildman–Crippen MR) is 88.9 cm³/mol. The normalized spacial score (nSPS) is 23.0. The third-order valence-electron chi connectivity index (χ3n) is 5.01. The number of aliphatic hydroxyl groups is 1. The first-order valence-corrected chi connectivity index (χ1v) is 10.8. The van der Waals surface area contributed by atoms with Crippen LogP contribution in [0.1, 0.15) is 50.2 Å². The number of hydrogen-bond donors (Lipinski definition) is 1. The first kappa shape index (κ1) is 16.7. The van der Waals surface area contributed by atoms with Gasteiger partial charge in [-0.2, -0.15) is 0 Å². The average molecular weight is 308 g/mol. The Kier molecular flexibility index (Phi) is 4.62. The molecule has 1 aromatic rings. The first-order chi connectivity index (χ1) is 9.64. The number of nitrogens with zero attached hydrogens (tertiary/aromatic N) is 1. The summed E-state index contributed by atoms with van der Waals surface area (Å²) in [5.41, 5.74) is 3.39. The van der Waals surface area contributed by atoms with E-state index in [9.17, 15) is 5.11 Å². The van der Waals surface area contributed by atoms with E-state index in [1.165, 1.54) is 5.56 Å². The summed E-state index contributed by atoms with van der Waals surface area (Å²) in [5.74, 6) is 0.289. The van der Waals surface area contributed by atoms with Crippen molar-refractivity contribution in [1.29, 1.82) is 0 Å². The van der Waals surface area contributed by atoms with Gasteiger partial charge in [0.2, 0.25) is 0 Å². The zero-order valence-electron chi connectivity index (χ0n) is 14.2. The van der Waals surface area contributed by atoms with Gasteiger partial charge in [0.05, 0.1) is 11.8 Å². The minimum atomic E-state index is -1.84. The van der Waals surface area contributed by atoms with Gasteiger partial charge in [0.1, 0.15) is 0 Å². The standard InChI is InChI=1S/C17H29NO2Si/c1-12-7-8-14-9-13(11-19)10-15(16(14)18-12)20-21(5,6)17(2,3)4/h7-8,13,15,19H,9-11H2,1-6H3/t13-,15+/m0/s1. The molecular weight excluding hydrogens is 278 g/mol. The van der Waals surface area contributed by atoms with Crippen molar-refractivity contribution in [3.05, 3.63) is 29.1 Å². The molecule has 3 nitrogen and oxygen atoms in total. The second-order valence-electron chi connectivity index (χ2n) is 7.85. The van der Waals surface area contributed by atoms with E-state index >= 15 is 0 Å². The van der Waals surface area contributed by atoms with Gasteiger partial charge in [0, 0.05) is 12.3 Å². The molecule has 1 heterocycles. The average Bonchev–Trinajstić information content (AvgIpc) is 2.37. The van der Waals surface area contributed by atoms with E-state index in [1.54, 1.807) is 0 Å². The lowest BCUT2D eigenvalue weighted by Gasteiger charge is -2.41. The van der Waals surface area contributed by atoms with Crippen molar-refractivity contribution in [1.82, 2.24) is 4.98 Å². The fraction of sp³-hybridized carbons (Fsp3) is 0.706. The molecule has 1 aromatic heterocycles. The van der Waals surface area contributed by atoms with Crippen LogP contribution in [0.25, 0.3) is 0 Å². The van der Waals surface area contributed by atoms with Crippen molar-refractivity contribution in [3.63, 3.8) is 0 Å². The Morgan fingerprint density at radius 3 is 2.57 bits per heavy atom. The monoisotopic (exact) mass is 307 g/mol. The third-order valence-corrected chi connectivity index (χ3v) is 9.50. The molecule has 0 amide bonds. The van der Waals surface area contributed by atoms with Gasteiger partial charge in [-0.25, -0.2) is 0 Å². The molecule has 0 radical (unpaired) electrons. The molecule has 1 aliphatic carbocycles. The van der Waals surface area contributed by atoms with Gasteiger partial charge in [-0.15, -0.1) is 0 Å². The highest BCUT2D eigenvalue weighted by atomic mass is 28.4. The maximum Gasteiger partial charge on any atom is 0.192 e. The molecular formula is C17H29NO2Si. The summed E-state index contributed by atoms with van der Waals surface area (Å²) in [6.45, 7) is 13.6. The Morgan fingerprint density at radius 1 is 1.33 bits per heavy atom. The molecule has 21 heavy (non-hydrogen) atoms. The summed E-state index contributed by atoms with van der Waals surface area (Å²) in [4.78, 5) is 4.75. The van der Waals surface area contributed by atoms with Crippen LogP contribution < -0.4 is 0 Å². The zero-order chi connectivity index (χ0) is 15.8. The van der Waals surface area contributed by atoms with Crippen LogP contribution in [0.15, 0.2) is 12.1 Å². The van der Waals surface area contributed by atoms with Gasteiger partial charge in [0.25, 0.3) is 0 Å². The van der Waals surface area contributed by atoms with Crippen molar-refractivity contribution in [2.45, 2.75) is 64.8 Å². The Bertz CT molecular complexity index is 508. The fourth-order valence-electron chi connectivity index (χ4n) is 2.64. The Balaban J connectivity index is 2.33. The summed E-state index contributed by atoms with van der Waals surface area (Å²) in [7, 11) is -1.84. The minimum absolute atomic E-state index is 0.0340. The molecule has 2 rings (SSSR count). The summed E-state index contributed by atoms with van der Waals surface area (Å²) in [5, 5.41) is 9.77. The fourth-order valence-corrected chi connectivity index (χ4v) is 3.91. The molecule has 0 saturated heterocycles. The Morgan fingerprint density at radius 2 is 2.00 bits per heavy atom. The van der Waals surface area contributed by atoms with E-state index < -0.39 is 8.32 Å². The van der Waals surface area contributed by atoms with Crippen LogP contribution in [0, 0.1) is 12.8 Å². The number of pyridine rings is 1. The molecule has 1 aliphatic rings. The maximum atomic E-state index is 9.58. The van der Waals surface area contributed by atoms with Crippen molar-refractivity contribution in [2.75, 3.05) is 6.61 Å². The summed E-state index contributed by atoms with van der Waals surface area (Å²) in [6.07, 6.45) is 1.83. The molecule has 0 unspecified atom stereocenters. The number of aryl methyl sites for hydroxylation is 1. The summed E-state index contributed by atoms with van der Waals surface area (Å²) in [6, 6.07) is 4.21. The highest BCUT2D eigenvalue weighted by molar-refractivity contribution is 6.74. The van der Waals surface area contributed by atoms with Crippen LogP contribution in [-0.4, -0.2) is 25.0 Å². The van der Waals surface area contributed by atoms with Crippen molar-refractivity contribution < 1.29 is 9.53 Å². The second kappa shape index (κ2) is 5.82. The molecule has 2 atom stereocenters. The molecule has 0 aliphatic heterocycles. The number of rotatable bonds is 3. The topological polar surface area (TPSA) is 42.4 Å². The van der Waals surface area contributed by atoms with E-state index in [0.717, 1.165) is 24.2 Å². The maximum absolute atomic E-state index is 9.58. The number of fused-ring (bicyclic) bond motifs is 1. The second-order valence-corrected chi connectivity index (χ2v) is 12.6. The Labute approximate surface area is 129 Å². The lowest BCUT2D eigenvalue weighted by Crippen LogP contribution is -2.43. The lowest BCUT2D eigenvalue weighted by atomic mass is 9.85. The van der Waals surface area contributed by atoms with Gasteiger partial charge < -0.3 is 9.53 Å². The quantitative estimate of drug-likeness (QED) is 0.858. The molecule has 4 heteroatoms. The van der Waals surface area contributed by atoms with Crippen LogP contribution >= 0.6 is 0 Å². The molecule has 118 valence electrons. The Hall–Kier alpha value is -0.713. The van der Waals surface area contributed by atoms with Crippen LogP contribution in [-0.2, 0) is 10.8 Å². The third kappa shape index (κ3) is 3.55. The van der Waals surface area contributed by atoms with Gasteiger partial charge in [0.15, 0.2) is 8.32 Å². The minimum Gasteiger partial charge on any atom is -0.408 e. The number of hydrogen-bond acceptors (Lipinski definition) is 3. The largest absolute Gasteiger partial charge is 0.408 e. The van der Waals surface area contributed by atoms with E-state index in [1.807, 2.05) is 6.92 Å². The molecule has 0 fully saturated rings. The smallest absolute Gasteiger partial charge is 0.192 e. The van der Waals surface area contributed by atoms with E-state index in [-0.39, 0.29) is 23.7 Å².